The minimum absolute atomic E-state index is 0.147. The van der Waals surface area contributed by atoms with Crippen LogP contribution in [0.15, 0.2) is 54.6 Å². The van der Waals surface area contributed by atoms with Crippen LogP contribution in [0.5, 0.6) is 11.5 Å². The van der Waals surface area contributed by atoms with Gasteiger partial charge >= 0.3 is 0 Å². The van der Waals surface area contributed by atoms with Crippen LogP contribution in [0.2, 0.25) is 0 Å². The summed E-state index contributed by atoms with van der Waals surface area (Å²) in [6.07, 6.45) is -0.641. The van der Waals surface area contributed by atoms with Gasteiger partial charge in [-0.15, -0.1) is 0 Å². The molecule has 0 saturated carbocycles. The molecule has 0 aromatic heterocycles. The van der Waals surface area contributed by atoms with Gasteiger partial charge in [0.25, 0.3) is 5.91 Å². The quantitative estimate of drug-likeness (QED) is 0.672. The Morgan fingerprint density at radius 1 is 0.893 bits per heavy atom. The van der Waals surface area contributed by atoms with E-state index in [1.807, 2.05) is 68.4 Å². The number of fused-ring (bicyclic) bond motifs is 1. The molecule has 0 fully saturated rings. The summed E-state index contributed by atoms with van der Waals surface area (Å²) in [6, 6.07) is 17.6. The molecule has 3 aromatic carbocycles. The highest BCUT2D eigenvalue weighted by molar-refractivity contribution is 6.01. The topological polar surface area (TPSA) is 47.6 Å². The smallest absolute Gasteiger partial charge is 0.270 e. The maximum Gasteiger partial charge on any atom is 0.270 e. The zero-order chi connectivity index (χ0) is 19.8. The highest BCUT2D eigenvalue weighted by atomic mass is 16.5. The molecule has 4 rings (SSSR count). The number of hydrogen-bond donors (Lipinski definition) is 1. The predicted octanol–water partition coefficient (Wildman–Crippen LogP) is 5.36. The molecule has 0 aliphatic carbocycles. The summed E-state index contributed by atoms with van der Waals surface area (Å²) in [5, 5.41) is 3.09. The molecule has 1 amide bonds. The Bertz CT molecular complexity index is 1040. The minimum Gasteiger partial charge on any atom is -0.497 e. The SMILES string of the molecule is COc1ccc(-c2c(C)c(C)c3c(c2C)NC(=O)C(c2ccccc2)O3)cc1. The Hall–Kier alpha value is -3.27. The van der Waals surface area contributed by atoms with Crippen molar-refractivity contribution in [3.63, 3.8) is 0 Å². The van der Waals surface area contributed by atoms with Crippen LogP contribution in [-0.2, 0) is 4.79 Å². The Morgan fingerprint density at radius 2 is 1.57 bits per heavy atom. The molecule has 0 saturated heterocycles. The van der Waals surface area contributed by atoms with Gasteiger partial charge in [0, 0.05) is 5.56 Å². The summed E-state index contributed by atoms with van der Waals surface area (Å²) >= 11 is 0. The van der Waals surface area contributed by atoms with Gasteiger partial charge in [0.2, 0.25) is 6.10 Å². The summed E-state index contributed by atoms with van der Waals surface area (Å²) in [7, 11) is 1.66. The fraction of sp³-hybridized carbons (Fsp3) is 0.208. The summed E-state index contributed by atoms with van der Waals surface area (Å²) in [5.74, 6) is 1.42. The van der Waals surface area contributed by atoms with E-state index in [1.165, 1.54) is 0 Å². The Labute approximate surface area is 165 Å². The number of ether oxygens (including phenoxy) is 2. The van der Waals surface area contributed by atoms with E-state index in [1.54, 1.807) is 7.11 Å². The van der Waals surface area contributed by atoms with Crippen molar-refractivity contribution in [3.8, 4) is 22.6 Å². The van der Waals surface area contributed by atoms with Crippen LogP contribution >= 0.6 is 0 Å². The fourth-order valence-corrected chi connectivity index (χ4v) is 3.82. The maximum atomic E-state index is 12.8. The molecule has 3 aromatic rings. The zero-order valence-electron chi connectivity index (χ0n) is 16.5. The number of hydrogen-bond acceptors (Lipinski definition) is 3. The van der Waals surface area contributed by atoms with E-state index in [0.717, 1.165) is 50.6 Å². The lowest BCUT2D eigenvalue weighted by atomic mass is 9.89. The van der Waals surface area contributed by atoms with Crippen molar-refractivity contribution in [1.29, 1.82) is 0 Å². The molecular weight excluding hydrogens is 350 g/mol. The van der Waals surface area contributed by atoms with Crippen molar-refractivity contribution in [2.75, 3.05) is 12.4 Å². The summed E-state index contributed by atoms with van der Waals surface area (Å²) in [5.41, 5.74) is 6.98. The van der Waals surface area contributed by atoms with Crippen LogP contribution in [0, 0.1) is 20.8 Å². The summed E-state index contributed by atoms with van der Waals surface area (Å²) < 4.78 is 11.5. The number of methoxy groups -OCH3 is 1. The van der Waals surface area contributed by atoms with Gasteiger partial charge in [-0.3, -0.25) is 4.79 Å². The molecule has 4 heteroatoms. The second kappa shape index (κ2) is 7.04. The number of carbonyl (C=O) groups excluding carboxylic acids is 1. The summed E-state index contributed by atoms with van der Waals surface area (Å²) in [4.78, 5) is 12.8. The van der Waals surface area contributed by atoms with Crippen molar-refractivity contribution in [3.05, 3.63) is 76.9 Å². The van der Waals surface area contributed by atoms with Crippen molar-refractivity contribution < 1.29 is 14.3 Å². The third-order valence-corrected chi connectivity index (χ3v) is 5.46. The lowest BCUT2D eigenvalue weighted by Gasteiger charge is -2.31. The van der Waals surface area contributed by atoms with Crippen molar-refractivity contribution >= 4 is 11.6 Å². The standard InChI is InChI=1S/C24H23NO3/c1-14-15(2)22-21(16(3)20(14)17-10-12-19(27-4)13-11-17)25-24(26)23(28-22)18-8-6-5-7-9-18/h5-13,23H,1-4H3,(H,25,26). The maximum absolute atomic E-state index is 12.8. The van der Waals surface area contributed by atoms with Gasteiger partial charge in [-0.2, -0.15) is 0 Å². The number of rotatable bonds is 3. The fourth-order valence-electron chi connectivity index (χ4n) is 3.82. The van der Waals surface area contributed by atoms with Crippen LogP contribution in [0.4, 0.5) is 5.69 Å². The van der Waals surface area contributed by atoms with E-state index in [-0.39, 0.29) is 5.91 Å². The normalized spacial score (nSPS) is 15.4. The van der Waals surface area contributed by atoms with E-state index in [9.17, 15) is 4.79 Å². The molecule has 0 bridgehead atoms. The predicted molar refractivity (Wildman–Crippen MR) is 111 cm³/mol. The highest BCUT2D eigenvalue weighted by Gasteiger charge is 2.32. The largest absolute Gasteiger partial charge is 0.497 e. The third kappa shape index (κ3) is 2.91. The molecule has 1 unspecified atom stereocenters. The Morgan fingerprint density at radius 3 is 2.21 bits per heavy atom. The van der Waals surface area contributed by atoms with Crippen LogP contribution in [0.1, 0.15) is 28.4 Å². The average Bonchev–Trinajstić information content (AvgIpc) is 2.73. The number of carbonyl (C=O) groups is 1. The van der Waals surface area contributed by atoms with Gasteiger partial charge in [-0.1, -0.05) is 42.5 Å². The monoisotopic (exact) mass is 373 g/mol. The van der Waals surface area contributed by atoms with Gasteiger partial charge < -0.3 is 14.8 Å². The van der Waals surface area contributed by atoms with Crippen LogP contribution in [0.25, 0.3) is 11.1 Å². The van der Waals surface area contributed by atoms with Crippen LogP contribution in [-0.4, -0.2) is 13.0 Å². The van der Waals surface area contributed by atoms with Gasteiger partial charge in [-0.05, 0) is 60.7 Å². The molecule has 0 spiro atoms. The van der Waals surface area contributed by atoms with E-state index in [4.69, 9.17) is 9.47 Å². The van der Waals surface area contributed by atoms with Gasteiger partial charge in [-0.25, -0.2) is 0 Å². The summed E-state index contributed by atoms with van der Waals surface area (Å²) in [6.45, 7) is 6.16. The lowest BCUT2D eigenvalue weighted by Crippen LogP contribution is -2.31. The van der Waals surface area contributed by atoms with E-state index in [0.29, 0.717) is 0 Å². The van der Waals surface area contributed by atoms with E-state index < -0.39 is 6.10 Å². The average molecular weight is 373 g/mol. The van der Waals surface area contributed by atoms with Crippen LogP contribution in [0.3, 0.4) is 0 Å². The molecule has 1 aliphatic rings. The Balaban J connectivity index is 1.82. The first-order chi connectivity index (χ1) is 13.5. The molecule has 28 heavy (non-hydrogen) atoms. The van der Waals surface area contributed by atoms with Crippen LogP contribution < -0.4 is 14.8 Å². The van der Waals surface area contributed by atoms with Crippen molar-refractivity contribution in [1.82, 2.24) is 0 Å². The number of benzene rings is 3. The highest BCUT2D eigenvalue weighted by Crippen LogP contribution is 2.46. The number of anilines is 1. The van der Waals surface area contributed by atoms with Crippen molar-refractivity contribution in [2.45, 2.75) is 26.9 Å². The molecule has 1 heterocycles. The molecule has 142 valence electrons. The van der Waals surface area contributed by atoms with Gasteiger partial charge in [0.05, 0.1) is 12.8 Å². The van der Waals surface area contributed by atoms with E-state index in [2.05, 4.69) is 12.2 Å². The first kappa shape index (κ1) is 18.1. The minimum atomic E-state index is -0.641. The van der Waals surface area contributed by atoms with Gasteiger partial charge in [0.15, 0.2) is 0 Å². The Kier molecular flexibility index (Phi) is 4.55. The second-order valence-corrected chi connectivity index (χ2v) is 7.08. The molecule has 1 atom stereocenters. The molecule has 1 N–H and O–H groups in total. The number of nitrogens with one attached hydrogen (secondary N) is 1. The molecule has 1 aliphatic heterocycles. The van der Waals surface area contributed by atoms with Gasteiger partial charge in [0.1, 0.15) is 11.5 Å². The van der Waals surface area contributed by atoms with E-state index >= 15 is 0 Å². The molecule has 4 nitrogen and oxygen atoms in total. The first-order valence-electron chi connectivity index (χ1n) is 9.32. The molecular formula is C24H23NO3. The molecule has 0 radical (unpaired) electrons. The lowest BCUT2D eigenvalue weighted by molar-refractivity contribution is -0.123. The second-order valence-electron chi connectivity index (χ2n) is 7.08. The number of amides is 1. The van der Waals surface area contributed by atoms with Crippen molar-refractivity contribution in [2.24, 2.45) is 0 Å². The zero-order valence-corrected chi connectivity index (χ0v) is 16.5. The third-order valence-electron chi connectivity index (χ3n) is 5.46. The first-order valence-corrected chi connectivity index (χ1v) is 9.32.